The first kappa shape index (κ1) is 11.5. The number of imidazole rings is 1. The van der Waals surface area contributed by atoms with Crippen LogP contribution in [0, 0.1) is 0 Å². The van der Waals surface area contributed by atoms with Gasteiger partial charge < -0.3 is 4.57 Å². The molecule has 0 aliphatic heterocycles. The van der Waals surface area contributed by atoms with E-state index < -0.39 is 0 Å². The predicted octanol–water partition coefficient (Wildman–Crippen LogP) is 3.28. The summed E-state index contributed by atoms with van der Waals surface area (Å²) in [6, 6.07) is 8.54. The van der Waals surface area contributed by atoms with Gasteiger partial charge >= 0.3 is 0 Å². The minimum atomic E-state index is 0.314. The van der Waals surface area contributed by atoms with Gasteiger partial charge in [0.25, 0.3) is 0 Å². The second kappa shape index (κ2) is 4.56. The number of rotatable bonds is 2. The number of aromatic nitrogens is 2. The number of para-hydroxylation sites is 2. The molecule has 0 N–H and O–H groups in total. The SMILES string of the molecule is CCc1nc2ccccc2n1C1CCCC(=O)C1. The second-order valence-corrected chi connectivity index (χ2v) is 5.03. The van der Waals surface area contributed by atoms with Crippen LogP contribution in [-0.2, 0) is 11.2 Å². The predicted molar refractivity (Wildman–Crippen MR) is 71.6 cm³/mol. The molecule has 0 bridgehead atoms. The van der Waals surface area contributed by atoms with E-state index in [9.17, 15) is 4.79 Å². The minimum absolute atomic E-state index is 0.314. The number of Topliss-reactive ketones (excluding diaryl/α,β-unsaturated/α-hetero) is 1. The first-order valence-corrected chi connectivity index (χ1v) is 6.77. The van der Waals surface area contributed by atoms with E-state index in [-0.39, 0.29) is 0 Å². The van der Waals surface area contributed by atoms with Crippen molar-refractivity contribution in [2.24, 2.45) is 0 Å². The Kier molecular flexibility index (Phi) is 2.90. The highest BCUT2D eigenvalue weighted by Gasteiger charge is 2.24. The summed E-state index contributed by atoms with van der Waals surface area (Å²) in [6.45, 7) is 2.13. The van der Waals surface area contributed by atoms with Crippen LogP contribution in [0.4, 0.5) is 0 Å². The fourth-order valence-electron chi connectivity index (χ4n) is 2.97. The molecule has 1 atom stereocenters. The van der Waals surface area contributed by atoms with Gasteiger partial charge in [0, 0.05) is 25.3 Å². The number of fused-ring (bicyclic) bond motifs is 1. The summed E-state index contributed by atoms with van der Waals surface area (Å²) in [4.78, 5) is 16.4. The Morgan fingerprint density at radius 3 is 3.00 bits per heavy atom. The summed E-state index contributed by atoms with van der Waals surface area (Å²) in [6.07, 6.45) is 4.45. The molecule has 0 amide bonds. The van der Waals surface area contributed by atoms with Gasteiger partial charge in [0.05, 0.1) is 11.0 Å². The van der Waals surface area contributed by atoms with Crippen LogP contribution in [0.5, 0.6) is 0 Å². The lowest BCUT2D eigenvalue weighted by Gasteiger charge is -2.24. The highest BCUT2D eigenvalue weighted by atomic mass is 16.1. The number of benzene rings is 1. The van der Waals surface area contributed by atoms with E-state index in [1.165, 1.54) is 5.52 Å². The van der Waals surface area contributed by atoms with E-state index in [0.717, 1.165) is 37.0 Å². The summed E-state index contributed by atoms with van der Waals surface area (Å²) in [7, 11) is 0. The highest BCUT2D eigenvalue weighted by molar-refractivity contribution is 5.80. The van der Waals surface area contributed by atoms with Crippen molar-refractivity contribution in [3.8, 4) is 0 Å². The van der Waals surface area contributed by atoms with Crippen LogP contribution in [0.25, 0.3) is 11.0 Å². The fraction of sp³-hybridized carbons (Fsp3) is 0.467. The maximum Gasteiger partial charge on any atom is 0.134 e. The smallest absolute Gasteiger partial charge is 0.134 e. The monoisotopic (exact) mass is 242 g/mol. The fourth-order valence-corrected chi connectivity index (χ4v) is 2.97. The average molecular weight is 242 g/mol. The second-order valence-electron chi connectivity index (χ2n) is 5.03. The van der Waals surface area contributed by atoms with Gasteiger partial charge in [-0.25, -0.2) is 4.98 Å². The maximum atomic E-state index is 11.7. The molecule has 1 aliphatic rings. The molecule has 1 heterocycles. The molecule has 1 fully saturated rings. The van der Waals surface area contributed by atoms with Crippen molar-refractivity contribution in [1.29, 1.82) is 0 Å². The molecule has 1 unspecified atom stereocenters. The number of aryl methyl sites for hydroxylation is 1. The lowest BCUT2D eigenvalue weighted by molar-refractivity contribution is -0.121. The van der Waals surface area contributed by atoms with Gasteiger partial charge in [-0.1, -0.05) is 19.1 Å². The van der Waals surface area contributed by atoms with Crippen molar-refractivity contribution in [2.45, 2.75) is 45.1 Å². The molecule has 0 spiro atoms. The molecule has 3 rings (SSSR count). The maximum absolute atomic E-state index is 11.7. The summed E-state index contributed by atoms with van der Waals surface area (Å²) in [5.74, 6) is 1.50. The number of carbonyl (C=O) groups is 1. The molecule has 18 heavy (non-hydrogen) atoms. The van der Waals surface area contributed by atoms with Gasteiger partial charge in [-0.05, 0) is 25.0 Å². The van der Waals surface area contributed by atoms with Crippen molar-refractivity contribution < 1.29 is 4.79 Å². The van der Waals surface area contributed by atoms with E-state index in [2.05, 4.69) is 28.6 Å². The Morgan fingerprint density at radius 1 is 1.39 bits per heavy atom. The molecule has 3 nitrogen and oxygen atoms in total. The topological polar surface area (TPSA) is 34.9 Å². The quantitative estimate of drug-likeness (QED) is 0.810. The van der Waals surface area contributed by atoms with E-state index in [0.29, 0.717) is 18.2 Å². The molecular weight excluding hydrogens is 224 g/mol. The third-order valence-corrected chi connectivity index (χ3v) is 3.81. The van der Waals surface area contributed by atoms with Crippen molar-refractivity contribution in [3.05, 3.63) is 30.1 Å². The van der Waals surface area contributed by atoms with Gasteiger partial charge in [0.2, 0.25) is 0 Å². The van der Waals surface area contributed by atoms with Crippen LogP contribution in [0.1, 0.15) is 44.5 Å². The normalized spacial score (nSPS) is 20.5. The Labute approximate surface area is 107 Å². The summed E-state index contributed by atoms with van der Waals surface area (Å²) >= 11 is 0. The van der Waals surface area contributed by atoms with Crippen LogP contribution in [-0.4, -0.2) is 15.3 Å². The lowest BCUT2D eigenvalue weighted by atomic mass is 9.94. The number of hydrogen-bond donors (Lipinski definition) is 0. The van der Waals surface area contributed by atoms with Crippen LogP contribution >= 0.6 is 0 Å². The molecule has 1 aromatic heterocycles. The molecular formula is C15H18N2O. The molecule has 0 saturated heterocycles. The summed E-state index contributed by atoms with van der Waals surface area (Å²) in [5, 5.41) is 0. The van der Waals surface area contributed by atoms with Crippen molar-refractivity contribution in [3.63, 3.8) is 0 Å². The highest BCUT2D eigenvalue weighted by Crippen LogP contribution is 2.31. The molecule has 1 aliphatic carbocycles. The van der Waals surface area contributed by atoms with Crippen molar-refractivity contribution in [1.82, 2.24) is 9.55 Å². The molecule has 1 saturated carbocycles. The number of ketones is 1. The lowest BCUT2D eigenvalue weighted by Crippen LogP contribution is -2.20. The largest absolute Gasteiger partial charge is 0.324 e. The van der Waals surface area contributed by atoms with Crippen molar-refractivity contribution in [2.75, 3.05) is 0 Å². The van der Waals surface area contributed by atoms with Gasteiger partial charge in [-0.2, -0.15) is 0 Å². The molecule has 3 heteroatoms. The van der Waals surface area contributed by atoms with E-state index in [4.69, 9.17) is 0 Å². The molecule has 0 radical (unpaired) electrons. The first-order chi connectivity index (χ1) is 8.79. The van der Waals surface area contributed by atoms with Gasteiger partial charge in [0.1, 0.15) is 11.6 Å². The molecule has 1 aromatic carbocycles. The third kappa shape index (κ3) is 1.84. The standard InChI is InChI=1S/C15H18N2O/c1-2-15-16-13-8-3-4-9-14(13)17(15)11-6-5-7-12(18)10-11/h3-4,8-9,11H,2,5-7,10H2,1H3. The van der Waals surface area contributed by atoms with Crippen LogP contribution in [0.15, 0.2) is 24.3 Å². The zero-order chi connectivity index (χ0) is 12.5. The molecule has 2 aromatic rings. The number of nitrogens with zero attached hydrogens (tertiary/aromatic N) is 2. The Balaban J connectivity index is 2.11. The zero-order valence-electron chi connectivity index (χ0n) is 10.7. The van der Waals surface area contributed by atoms with Crippen LogP contribution in [0.3, 0.4) is 0 Å². The number of hydrogen-bond acceptors (Lipinski definition) is 2. The number of carbonyl (C=O) groups excluding carboxylic acids is 1. The Hall–Kier alpha value is -1.64. The third-order valence-electron chi connectivity index (χ3n) is 3.81. The zero-order valence-corrected chi connectivity index (χ0v) is 10.7. The summed E-state index contributed by atoms with van der Waals surface area (Å²) < 4.78 is 2.30. The van der Waals surface area contributed by atoms with E-state index >= 15 is 0 Å². The van der Waals surface area contributed by atoms with E-state index in [1.54, 1.807) is 0 Å². The minimum Gasteiger partial charge on any atom is -0.324 e. The van der Waals surface area contributed by atoms with Crippen molar-refractivity contribution >= 4 is 16.8 Å². The van der Waals surface area contributed by atoms with Crippen LogP contribution in [0.2, 0.25) is 0 Å². The summed E-state index contributed by atoms with van der Waals surface area (Å²) in [5.41, 5.74) is 2.22. The van der Waals surface area contributed by atoms with Gasteiger partial charge in [-0.15, -0.1) is 0 Å². The van der Waals surface area contributed by atoms with Gasteiger partial charge in [0.15, 0.2) is 0 Å². The van der Waals surface area contributed by atoms with E-state index in [1.807, 2.05) is 12.1 Å². The first-order valence-electron chi connectivity index (χ1n) is 6.77. The molecule has 94 valence electrons. The van der Waals surface area contributed by atoms with Gasteiger partial charge in [-0.3, -0.25) is 4.79 Å². The Bertz CT molecular complexity index is 585. The Morgan fingerprint density at radius 2 is 2.22 bits per heavy atom. The van der Waals surface area contributed by atoms with Crippen LogP contribution < -0.4 is 0 Å². The average Bonchev–Trinajstić information content (AvgIpc) is 2.77.